The number of phenols is 1. The molecule has 0 saturated heterocycles. The Bertz CT molecular complexity index is 370. The van der Waals surface area contributed by atoms with E-state index in [1.54, 1.807) is 12.1 Å². The van der Waals surface area contributed by atoms with Crippen LogP contribution in [0.25, 0.3) is 0 Å². The summed E-state index contributed by atoms with van der Waals surface area (Å²) in [5.74, 6) is -0.148. The van der Waals surface area contributed by atoms with Crippen LogP contribution in [0.4, 0.5) is 0 Å². The minimum absolute atomic E-state index is 0.00170. The van der Waals surface area contributed by atoms with Crippen LogP contribution in [0.1, 0.15) is 62.7 Å². The average molecular weight is 264 g/mol. The molecule has 1 atom stereocenters. The first kappa shape index (κ1) is 15.5. The highest BCUT2D eigenvalue weighted by Gasteiger charge is 2.14. The predicted molar refractivity (Wildman–Crippen MR) is 76.4 cm³/mol. The summed E-state index contributed by atoms with van der Waals surface area (Å²) >= 11 is 0. The molecule has 0 amide bonds. The molecule has 0 bridgehead atoms. The number of ether oxygens (including phenoxy) is 1. The Labute approximate surface area is 115 Å². The summed E-state index contributed by atoms with van der Waals surface area (Å²) in [6.07, 6.45) is 6.53. The molecule has 3 heteroatoms. The third-order valence-corrected chi connectivity index (χ3v) is 3.21. The van der Waals surface area contributed by atoms with Gasteiger partial charge in [-0.25, -0.2) is 4.79 Å². The van der Waals surface area contributed by atoms with Crippen molar-refractivity contribution in [2.75, 3.05) is 0 Å². The summed E-state index contributed by atoms with van der Waals surface area (Å²) < 4.78 is 5.49. The second-order valence-corrected chi connectivity index (χ2v) is 4.83. The van der Waals surface area contributed by atoms with Gasteiger partial charge in [0.15, 0.2) is 0 Å². The molecule has 0 saturated carbocycles. The van der Waals surface area contributed by atoms with Gasteiger partial charge < -0.3 is 9.84 Å². The monoisotopic (exact) mass is 264 g/mol. The van der Waals surface area contributed by atoms with Gasteiger partial charge in [0.2, 0.25) is 0 Å². The number of benzene rings is 1. The Hall–Kier alpha value is -1.51. The first-order chi connectivity index (χ1) is 9.17. The molecule has 1 aromatic carbocycles. The summed E-state index contributed by atoms with van der Waals surface area (Å²) in [5.41, 5.74) is 0.491. The molecule has 1 aromatic rings. The molecule has 106 valence electrons. The van der Waals surface area contributed by atoms with Crippen LogP contribution >= 0.6 is 0 Å². The Kier molecular flexibility index (Phi) is 7.01. The lowest BCUT2D eigenvalue weighted by Crippen LogP contribution is -2.17. The zero-order valence-corrected chi connectivity index (χ0v) is 11.9. The number of aromatic hydroxyl groups is 1. The topological polar surface area (TPSA) is 46.5 Å². The second kappa shape index (κ2) is 8.57. The number of hydrogen-bond acceptors (Lipinski definition) is 3. The normalized spacial score (nSPS) is 12.1. The minimum Gasteiger partial charge on any atom is -0.508 e. The van der Waals surface area contributed by atoms with Crippen molar-refractivity contribution in [3.05, 3.63) is 29.8 Å². The Morgan fingerprint density at radius 2 is 1.84 bits per heavy atom. The van der Waals surface area contributed by atoms with E-state index < -0.39 is 0 Å². The maximum atomic E-state index is 11.9. The number of phenolic OH excluding ortho intramolecular Hbond substituents is 1. The molecular weight excluding hydrogens is 240 g/mol. The summed E-state index contributed by atoms with van der Waals surface area (Å²) in [6, 6.07) is 6.17. The van der Waals surface area contributed by atoms with E-state index in [9.17, 15) is 9.90 Å². The van der Waals surface area contributed by atoms with E-state index in [4.69, 9.17) is 4.74 Å². The zero-order chi connectivity index (χ0) is 14.1. The highest BCUT2D eigenvalue weighted by molar-refractivity contribution is 5.89. The van der Waals surface area contributed by atoms with Gasteiger partial charge in [0.05, 0.1) is 5.56 Å². The van der Waals surface area contributed by atoms with Gasteiger partial charge >= 0.3 is 5.97 Å². The van der Waals surface area contributed by atoms with E-state index in [0.29, 0.717) is 5.56 Å². The number of esters is 1. The van der Waals surface area contributed by atoms with Gasteiger partial charge in [-0.15, -0.1) is 0 Å². The Morgan fingerprint density at radius 1 is 1.16 bits per heavy atom. The van der Waals surface area contributed by atoms with Crippen molar-refractivity contribution in [3.63, 3.8) is 0 Å². The summed E-state index contributed by atoms with van der Waals surface area (Å²) in [7, 11) is 0. The van der Waals surface area contributed by atoms with Crippen LogP contribution < -0.4 is 0 Å². The largest absolute Gasteiger partial charge is 0.508 e. The minimum atomic E-state index is -0.303. The number of unbranched alkanes of at least 4 members (excludes halogenated alkanes) is 3. The van der Waals surface area contributed by atoms with Crippen LogP contribution in [0.3, 0.4) is 0 Å². The smallest absolute Gasteiger partial charge is 0.338 e. The maximum absolute atomic E-state index is 11.9. The first-order valence-electron chi connectivity index (χ1n) is 7.17. The highest BCUT2D eigenvalue weighted by atomic mass is 16.5. The molecule has 0 spiro atoms. The van der Waals surface area contributed by atoms with Crippen molar-refractivity contribution >= 4 is 5.97 Å². The third kappa shape index (κ3) is 5.77. The van der Waals surface area contributed by atoms with E-state index >= 15 is 0 Å². The predicted octanol–water partition coefficient (Wildman–Crippen LogP) is 4.30. The Morgan fingerprint density at radius 3 is 2.42 bits per heavy atom. The van der Waals surface area contributed by atoms with E-state index in [0.717, 1.165) is 19.3 Å². The molecule has 1 N–H and O–H groups in total. The van der Waals surface area contributed by atoms with Crippen molar-refractivity contribution in [2.24, 2.45) is 0 Å². The highest BCUT2D eigenvalue weighted by Crippen LogP contribution is 2.15. The fourth-order valence-electron chi connectivity index (χ4n) is 1.96. The van der Waals surface area contributed by atoms with Crippen molar-refractivity contribution < 1.29 is 14.6 Å². The molecule has 0 fully saturated rings. The third-order valence-electron chi connectivity index (χ3n) is 3.21. The van der Waals surface area contributed by atoms with Gasteiger partial charge in [-0.3, -0.25) is 0 Å². The van der Waals surface area contributed by atoms with Gasteiger partial charge in [0.1, 0.15) is 11.9 Å². The molecule has 19 heavy (non-hydrogen) atoms. The lowest BCUT2D eigenvalue weighted by atomic mass is 10.1. The summed E-state index contributed by atoms with van der Waals surface area (Å²) in [5, 5.41) is 9.18. The molecular formula is C16H24O3. The van der Waals surface area contributed by atoms with E-state index in [-0.39, 0.29) is 17.8 Å². The number of rotatable bonds is 8. The van der Waals surface area contributed by atoms with Gasteiger partial charge in [-0.2, -0.15) is 0 Å². The van der Waals surface area contributed by atoms with Crippen molar-refractivity contribution in [1.82, 2.24) is 0 Å². The zero-order valence-electron chi connectivity index (χ0n) is 11.9. The number of carbonyl (C=O) groups excluding carboxylic acids is 1. The van der Waals surface area contributed by atoms with Crippen LogP contribution in [0.15, 0.2) is 24.3 Å². The lowest BCUT2D eigenvalue weighted by molar-refractivity contribution is 0.0267. The van der Waals surface area contributed by atoms with Gasteiger partial charge in [0, 0.05) is 0 Å². The van der Waals surface area contributed by atoms with Gasteiger partial charge in [-0.1, -0.05) is 33.1 Å². The fourth-order valence-corrected chi connectivity index (χ4v) is 1.96. The van der Waals surface area contributed by atoms with Crippen molar-refractivity contribution in [3.8, 4) is 5.75 Å². The molecule has 0 aliphatic heterocycles. The van der Waals surface area contributed by atoms with Gasteiger partial charge in [0.25, 0.3) is 0 Å². The van der Waals surface area contributed by atoms with Crippen molar-refractivity contribution in [1.29, 1.82) is 0 Å². The first-order valence-corrected chi connectivity index (χ1v) is 7.17. The number of hydrogen-bond donors (Lipinski definition) is 1. The summed E-state index contributed by atoms with van der Waals surface area (Å²) in [6.45, 7) is 4.22. The second-order valence-electron chi connectivity index (χ2n) is 4.83. The molecule has 0 aromatic heterocycles. The number of carbonyl (C=O) groups is 1. The molecule has 3 nitrogen and oxygen atoms in total. The average Bonchev–Trinajstić information content (AvgIpc) is 2.42. The molecule has 1 rings (SSSR count). The van der Waals surface area contributed by atoms with Crippen LogP contribution in [-0.4, -0.2) is 17.2 Å². The molecule has 0 radical (unpaired) electrons. The van der Waals surface area contributed by atoms with Gasteiger partial charge in [-0.05, 0) is 43.5 Å². The summed E-state index contributed by atoms with van der Waals surface area (Å²) in [4.78, 5) is 11.9. The maximum Gasteiger partial charge on any atom is 0.338 e. The molecule has 0 aliphatic rings. The van der Waals surface area contributed by atoms with Crippen LogP contribution in [0.5, 0.6) is 5.75 Å². The molecule has 0 unspecified atom stereocenters. The standard InChI is InChI=1S/C16H24O3/c1-3-5-6-7-8-15(4-2)19-16(18)13-9-11-14(17)12-10-13/h9-12,15,17H,3-8H2,1-2H3/t15-/m1/s1. The fraction of sp³-hybridized carbons (Fsp3) is 0.562. The Balaban J connectivity index is 2.42. The SMILES string of the molecule is CCCCCC[C@@H](CC)OC(=O)c1ccc(O)cc1. The van der Waals surface area contributed by atoms with E-state index in [2.05, 4.69) is 6.92 Å². The van der Waals surface area contributed by atoms with E-state index in [1.165, 1.54) is 31.4 Å². The van der Waals surface area contributed by atoms with Crippen LogP contribution in [0, 0.1) is 0 Å². The van der Waals surface area contributed by atoms with Crippen molar-refractivity contribution in [2.45, 2.75) is 58.5 Å². The lowest BCUT2D eigenvalue weighted by Gasteiger charge is -2.16. The van der Waals surface area contributed by atoms with Crippen LogP contribution in [-0.2, 0) is 4.74 Å². The quantitative estimate of drug-likeness (QED) is 0.562. The van der Waals surface area contributed by atoms with E-state index in [1.807, 2.05) is 6.92 Å². The van der Waals surface area contributed by atoms with Crippen LogP contribution in [0.2, 0.25) is 0 Å². The molecule has 0 heterocycles. The molecule has 0 aliphatic carbocycles.